The highest BCUT2D eigenvalue weighted by atomic mass is 35.5. The van der Waals surface area contributed by atoms with Gasteiger partial charge in [0.15, 0.2) is 0 Å². The van der Waals surface area contributed by atoms with Gasteiger partial charge in [-0.05, 0) is 49.4 Å². The molecule has 1 atom stereocenters. The molecule has 1 aliphatic carbocycles. The van der Waals surface area contributed by atoms with E-state index in [1.807, 2.05) is 0 Å². The Balaban J connectivity index is 1.98. The first-order chi connectivity index (χ1) is 14.5. The van der Waals surface area contributed by atoms with Gasteiger partial charge in [0.25, 0.3) is 5.91 Å². The van der Waals surface area contributed by atoms with Crippen molar-refractivity contribution in [3.63, 3.8) is 0 Å². The molecule has 0 spiro atoms. The zero-order chi connectivity index (χ0) is 22.8. The number of halogens is 6. The average molecular weight is 464 g/mol. The molecule has 31 heavy (non-hydrogen) atoms. The molecule has 0 aliphatic heterocycles. The molecule has 0 radical (unpaired) electrons. The van der Waals surface area contributed by atoms with Crippen molar-refractivity contribution < 1.29 is 36.6 Å². The van der Waals surface area contributed by atoms with Crippen LogP contribution in [0.15, 0.2) is 42.5 Å². The van der Waals surface area contributed by atoms with Gasteiger partial charge in [0.2, 0.25) is 0 Å². The van der Waals surface area contributed by atoms with Crippen LogP contribution in [0.2, 0.25) is 5.02 Å². The third-order valence-electron chi connectivity index (χ3n) is 5.24. The summed E-state index contributed by atoms with van der Waals surface area (Å²) in [6.07, 6.45) is -6.29. The molecular weight excluding hydrogens is 445 g/mol. The quantitative estimate of drug-likeness (QED) is 0.576. The number of nitrogens with one attached hydrogen (secondary N) is 1. The molecule has 2 aromatic rings. The molecule has 10 heteroatoms. The van der Waals surface area contributed by atoms with Crippen LogP contribution in [-0.2, 0) is 0 Å². The van der Waals surface area contributed by atoms with Gasteiger partial charge in [0, 0.05) is 0 Å². The van der Waals surface area contributed by atoms with Crippen molar-refractivity contribution in [1.82, 2.24) is 5.32 Å². The zero-order valence-electron chi connectivity index (χ0n) is 16.1. The summed E-state index contributed by atoms with van der Waals surface area (Å²) in [5.41, 5.74) is -2.10. The maximum atomic E-state index is 14.1. The van der Waals surface area contributed by atoms with E-state index in [1.165, 1.54) is 24.3 Å². The van der Waals surface area contributed by atoms with Crippen molar-refractivity contribution in [2.45, 2.75) is 49.9 Å². The van der Waals surface area contributed by atoms with Crippen LogP contribution in [0.3, 0.4) is 0 Å². The number of para-hydroxylation sites is 1. The van der Waals surface area contributed by atoms with Crippen molar-refractivity contribution in [1.29, 1.82) is 0 Å². The Morgan fingerprint density at radius 1 is 1.16 bits per heavy atom. The molecule has 2 aromatic carbocycles. The number of hydrogen-bond acceptors (Lipinski definition) is 3. The Hall–Kier alpha value is -2.39. The van der Waals surface area contributed by atoms with Crippen molar-refractivity contribution in [2.24, 2.45) is 0 Å². The van der Waals surface area contributed by atoms with Crippen LogP contribution >= 0.6 is 11.6 Å². The van der Waals surface area contributed by atoms with Gasteiger partial charge >= 0.3 is 6.36 Å². The molecular formula is C21H19ClF5NO3. The van der Waals surface area contributed by atoms with Crippen LogP contribution in [0, 0.1) is 5.82 Å². The first-order valence-electron chi connectivity index (χ1n) is 9.46. The molecule has 0 heterocycles. The van der Waals surface area contributed by atoms with Gasteiger partial charge in [-0.1, -0.05) is 35.9 Å². The van der Waals surface area contributed by atoms with Gasteiger partial charge in [-0.3, -0.25) is 4.79 Å². The number of carbonyl (C=O) groups excluding carboxylic acids is 1. The lowest BCUT2D eigenvalue weighted by molar-refractivity contribution is -0.274. The summed E-state index contributed by atoms with van der Waals surface area (Å²) in [6.45, 7) is 0. The molecule has 4 nitrogen and oxygen atoms in total. The monoisotopic (exact) mass is 463 g/mol. The molecule has 1 unspecified atom stereocenters. The molecule has 1 aliphatic rings. The SMILES string of the molecule is O=C(NC(c1cccc(F)c1Cl)[C@]1(O)CC[C@H](F)CC1)c1ccccc1OC(F)(F)F. The van der Waals surface area contributed by atoms with Crippen LogP contribution in [0.1, 0.15) is 47.6 Å². The highest BCUT2D eigenvalue weighted by molar-refractivity contribution is 6.31. The first-order valence-corrected chi connectivity index (χ1v) is 9.84. The fourth-order valence-corrected chi connectivity index (χ4v) is 3.93. The minimum absolute atomic E-state index is 0.00355. The number of aliphatic hydroxyl groups is 1. The Bertz CT molecular complexity index is 945. The number of ether oxygens (including phenoxy) is 1. The maximum Gasteiger partial charge on any atom is 0.573 e. The Labute approximate surface area is 180 Å². The number of benzene rings is 2. The Kier molecular flexibility index (Phi) is 6.76. The smallest absolute Gasteiger partial charge is 0.405 e. The summed E-state index contributed by atoms with van der Waals surface area (Å²) in [7, 11) is 0. The van der Waals surface area contributed by atoms with Crippen molar-refractivity contribution in [2.75, 3.05) is 0 Å². The minimum Gasteiger partial charge on any atom is -0.405 e. The lowest BCUT2D eigenvalue weighted by Gasteiger charge is -2.41. The highest BCUT2D eigenvalue weighted by Gasteiger charge is 2.43. The zero-order valence-corrected chi connectivity index (χ0v) is 16.8. The summed E-state index contributed by atoms with van der Waals surface area (Å²) in [5, 5.41) is 13.3. The van der Waals surface area contributed by atoms with Gasteiger partial charge in [0.1, 0.15) is 17.7 Å². The summed E-state index contributed by atoms with van der Waals surface area (Å²) in [4.78, 5) is 12.9. The molecule has 1 saturated carbocycles. The number of amides is 1. The lowest BCUT2D eigenvalue weighted by atomic mass is 9.76. The molecule has 168 valence electrons. The van der Waals surface area contributed by atoms with Crippen LogP contribution in [-0.4, -0.2) is 29.1 Å². The molecule has 0 saturated heterocycles. The predicted octanol–water partition coefficient (Wildman–Crippen LogP) is 5.49. The van der Waals surface area contributed by atoms with E-state index in [0.29, 0.717) is 0 Å². The molecule has 1 fully saturated rings. The van der Waals surface area contributed by atoms with E-state index in [1.54, 1.807) is 0 Å². The van der Waals surface area contributed by atoms with Crippen molar-refractivity contribution in [3.8, 4) is 5.75 Å². The summed E-state index contributed by atoms with van der Waals surface area (Å²) >= 11 is 6.06. The standard InChI is InChI=1S/C21H19ClF5NO3/c22-17-14(5-3-6-15(17)24)18(20(30)10-8-12(23)9-11-20)28-19(29)13-4-1-2-7-16(13)31-21(25,26)27/h1-7,12,18,30H,8-11H2,(H,28,29)/t12-,18?,20-. The topological polar surface area (TPSA) is 58.6 Å². The third-order valence-corrected chi connectivity index (χ3v) is 5.64. The summed E-state index contributed by atoms with van der Waals surface area (Å²) in [5.74, 6) is -2.54. The van der Waals surface area contributed by atoms with Crippen LogP contribution in [0.5, 0.6) is 5.75 Å². The predicted molar refractivity (Wildman–Crippen MR) is 103 cm³/mol. The Morgan fingerprint density at radius 3 is 2.45 bits per heavy atom. The number of rotatable bonds is 5. The van der Waals surface area contributed by atoms with Crippen LogP contribution in [0.25, 0.3) is 0 Å². The van der Waals surface area contributed by atoms with E-state index in [-0.39, 0.29) is 36.3 Å². The molecule has 2 N–H and O–H groups in total. The van der Waals surface area contributed by atoms with Gasteiger partial charge in [0.05, 0.1) is 22.2 Å². The van der Waals surface area contributed by atoms with Gasteiger partial charge in [-0.2, -0.15) is 0 Å². The molecule has 1 amide bonds. The summed E-state index contributed by atoms with van der Waals surface area (Å²) in [6, 6.07) is 7.17. The minimum atomic E-state index is -5.03. The largest absolute Gasteiger partial charge is 0.573 e. The van der Waals surface area contributed by atoms with Crippen molar-refractivity contribution >= 4 is 17.5 Å². The summed E-state index contributed by atoms with van der Waals surface area (Å²) < 4.78 is 69.8. The number of carbonyl (C=O) groups is 1. The molecule has 0 bridgehead atoms. The van der Waals surface area contributed by atoms with E-state index < -0.39 is 47.2 Å². The number of alkyl halides is 4. The Morgan fingerprint density at radius 2 is 1.81 bits per heavy atom. The normalized spacial score (nSPS) is 22.6. The number of hydrogen-bond donors (Lipinski definition) is 2. The van der Waals surface area contributed by atoms with E-state index in [0.717, 1.165) is 18.2 Å². The van der Waals surface area contributed by atoms with Crippen LogP contribution in [0.4, 0.5) is 22.0 Å². The van der Waals surface area contributed by atoms with E-state index in [9.17, 15) is 31.9 Å². The van der Waals surface area contributed by atoms with E-state index in [4.69, 9.17) is 11.6 Å². The highest BCUT2D eigenvalue weighted by Crippen LogP contribution is 2.42. The fourth-order valence-electron chi connectivity index (χ4n) is 3.69. The molecule has 0 aromatic heterocycles. The van der Waals surface area contributed by atoms with Crippen molar-refractivity contribution in [3.05, 3.63) is 64.4 Å². The second kappa shape index (κ2) is 9.00. The van der Waals surface area contributed by atoms with E-state index in [2.05, 4.69) is 10.1 Å². The fraction of sp³-hybridized carbons (Fsp3) is 0.381. The first kappa shape index (κ1) is 23.3. The second-order valence-electron chi connectivity index (χ2n) is 7.37. The van der Waals surface area contributed by atoms with E-state index >= 15 is 0 Å². The third kappa shape index (κ3) is 5.46. The molecule has 3 rings (SSSR count). The average Bonchev–Trinajstić information content (AvgIpc) is 2.70. The van der Waals surface area contributed by atoms with Crippen LogP contribution < -0.4 is 10.1 Å². The van der Waals surface area contributed by atoms with Gasteiger partial charge < -0.3 is 15.2 Å². The maximum absolute atomic E-state index is 14.1. The lowest BCUT2D eigenvalue weighted by Crippen LogP contribution is -2.48. The van der Waals surface area contributed by atoms with Gasteiger partial charge in [-0.25, -0.2) is 8.78 Å². The van der Waals surface area contributed by atoms with Gasteiger partial charge in [-0.15, -0.1) is 13.2 Å². The second-order valence-corrected chi connectivity index (χ2v) is 7.75.